The molecule has 0 aliphatic rings. The Kier molecular flexibility index (Phi) is 5.90. The van der Waals surface area contributed by atoms with Crippen LogP contribution in [0.2, 0.25) is 0 Å². The van der Waals surface area contributed by atoms with Crippen LogP contribution in [0, 0.1) is 13.8 Å². The molecule has 4 heteroatoms. The molecule has 3 nitrogen and oxygen atoms in total. The summed E-state index contributed by atoms with van der Waals surface area (Å²) in [5, 5.41) is 2.98. The van der Waals surface area contributed by atoms with Crippen molar-refractivity contribution in [2.45, 2.75) is 25.2 Å². The zero-order valence-corrected chi connectivity index (χ0v) is 14.0. The highest BCUT2D eigenvalue weighted by Gasteiger charge is 2.05. The van der Waals surface area contributed by atoms with Crippen molar-refractivity contribution in [3.63, 3.8) is 0 Å². The molecule has 1 N–H and O–H groups in total. The van der Waals surface area contributed by atoms with Gasteiger partial charge in [0.05, 0.1) is 7.11 Å². The van der Waals surface area contributed by atoms with Gasteiger partial charge in [0.15, 0.2) is 0 Å². The van der Waals surface area contributed by atoms with Crippen LogP contribution in [-0.4, -0.2) is 18.8 Å². The number of rotatable bonds is 6. The lowest BCUT2D eigenvalue weighted by Crippen LogP contribution is -2.13. The van der Waals surface area contributed by atoms with Crippen molar-refractivity contribution in [1.82, 2.24) is 0 Å². The fraction of sp³-hybridized carbons (Fsp3) is 0.278. The standard InChI is InChI=1S/C18H21NO2S/c1-13-4-5-14(2)17(12-13)19-18(20)10-11-22-16-8-6-15(21-3)7-9-16/h4-9,12H,10-11H2,1-3H3,(H,19,20). The Morgan fingerprint density at radius 1 is 1.14 bits per heavy atom. The molecule has 0 bridgehead atoms. The second-order valence-electron chi connectivity index (χ2n) is 5.14. The molecule has 1 amide bonds. The number of carbonyl (C=O) groups is 1. The quantitative estimate of drug-likeness (QED) is 0.801. The first-order chi connectivity index (χ1) is 10.6. The van der Waals surface area contributed by atoms with Gasteiger partial charge in [-0.25, -0.2) is 0 Å². The average molecular weight is 315 g/mol. The maximum atomic E-state index is 12.0. The van der Waals surface area contributed by atoms with Gasteiger partial charge >= 0.3 is 0 Å². The summed E-state index contributed by atoms with van der Waals surface area (Å²) >= 11 is 1.67. The first-order valence-corrected chi connectivity index (χ1v) is 8.21. The van der Waals surface area contributed by atoms with Crippen LogP contribution < -0.4 is 10.1 Å². The first kappa shape index (κ1) is 16.4. The van der Waals surface area contributed by atoms with E-state index in [1.165, 1.54) is 0 Å². The normalized spacial score (nSPS) is 10.3. The molecule has 22 heavy (non-hydrogen) atoms. The maximum absolute atomic E-state index is 12.0. The predicted molar refractivity (Wildman–Crippen MR) is 92.9 cm³/mol. The summed E-state index contributed by atoms with van der Waals surface area (Å²) in [5.74, 6) is 1.65. The summed E-state index contributed by atoms with van der Waals surface area (Å²) < 4.78 is 5.13. The molecule has 0 saturated heterocycles. The molecule has 0 fully saturated rings. The molecule has 0 unspecified atom stereocenters. The minimum atomic E-state index is 0.0507. The van der Waals surface area contributed by atoms with Gasteiger partial charge in [-0.2, -0.15) is 0 Å². The highest BCUT2D eigenvalue weighted by Crippen LogP contribution is 2.22. The van der Waals surface area contributed by atoms with Crippen molar-refractivity contribution in [3.05, 3.63) is 53.6 Å². The molecule has 0 aromatic heterocycles. The smallest absolute Gasteiger partial charge is 0.225 e. The SMILES string of the molecule is COc1ccc(SCCC(=O)Nc2cc(C)ccc2C)cc1. The fourth-order valence-electron chi connectivity index (χ4n) is 2.02. The van der Waals surface area contributed by atoms with Crippen molar-refractivity contribution in [1.29, 1.82) is 0 Å². The van der Waals surface area contributed by atoms with E-state index in [0.717, 1.165) is 33.2 Å². The number of hydrogen-bond donors (Lipinski definition) is 1. The second-order valence-corrected chi connectivity index (χ2v) is 6.31. The highest BCUT2D eigenvalue weighted by molar-refractivity contribution is 7.99. The number of amides is 1. The second kappa shape index (κ2) is 7.90. The van der Waals surface area contributed by atoms with Crippen LogP contribution >= 0.6 is 11.8 Å². The van der Waals surface area contributed by atoms with Crippen LogP contribution in [0.4, 0.5) is 5.69 Å². The third-order valence-electron chi connectivity index (χ3n) is 3.32. The summed E-state index contributed by atoms with van der Waals surface area (Å²) in [6.45, 7) is 4.02. The Morgan fingerprint density at radius 2 is 1.86 bits per heavy atom. The summed E-state index contributed by atoms with van der Waals surface area (Å²) in [6.07, 6.45) is 0.490. The van der Waals surface area contributed by atoms with Gasteiger partial charge < -0.3 is 10.1 Å². The number of anilines is 1. The van der Waals surface area contributed by atoms with Gasteiger partial charge in [0.2, 0.25) is 5.91 Å². The monoisotopic (exact) mass is 315 g/mol. The predicted octanol–water partition coefficient (Wildman–Crippen LogP) is 4.43. The lowest BCUT2D eigenvalue weighted by atomic mass is 10.1. The molecule has 0 radical (unpaired) electrons. The largest absolute Gasteiger partial charge is 0.497 e. The molecule has 0 spiro atoms. The van der Waals surface area contributed by atoms with Gasteiger partial charge in [0, 0.05) is 22.8 Å². The van der Waals surface area contributed by atoms with E-state index in [-0.39, 0.29) is 5.91 Å². The zero-order valence-electron chi connectivity index (χ0n) is 13.2. The van der Waals surface area contributed by atoms with E-state index >= 15 is 0 Å². The molecule has 0 saturated carbocycles. The van der Waals surface area contributed by atoms with Crippen molar-refractivity contribution in [2.24, 2.45) is 0 Å². The number of nitrogens with one attached hydrogen (secondary N) is 1. The van der Waals surface area contributed by atoms with Crippen LogP contribution in [0.15, 0.2) is 47.4 Å². The molecular weight excluding hydrogens is 294 g/mol. The Labute approximate surface area is 136 Å². The van der Waals surface area contributed by atoms with Gasteiger partial charge in [-0.05, 0) is 55.3 Å². The van der Waals surface area contributed by atoms with Gasteiger partial charge in [0.25, 0.3) is 0 Å². The number of methoxy groups -OCH3 is 1. The van der Waals surface area contributed by atoms with E-state index in [2.05, 4.69) is 5.32 Å². The van der Waals surface area contributed by atoms with E-state index in [4.69, 9.17) is 4.74 Å². The number of carbonyl (C=O) groups excluding carboxylic acids is 1. The van der Waals surface area contributed by atoms with Crippen LogP contribution in [0.3, 0.4) is 0 Å². The summed E-state index contributed by atoms with van der Waals surface area (Å²) in [7, 11) is 1.65. The Bertz CT molecular complexity index is 638. The molecule has 0 heterocycles. The molecule has 0 atom stereocenters. The maximum Gasteiger partial charge on any atom is 0.225 e. The zero-order chi connectivity index (χ0) is 15.9. The fourth-order valence-corrected chi connectivity index (χ4v) is 2.87. The highest BCUT2D eigenvalue weighted by atomic mass is 32.2. The van der Waals surface area contributed by atoms with Crippen LogP contribution in [-0.2, 0) is 4.79 Å². The molecule has 0 aliphatic heterocycles. The van der Waals surface area contributed by atoms with E-state index in [9.17, 15) is 4.79 Å². The van der Waals surface area contributed by atoms with E-state index in [1.54, 1.807) is 18.9 Å². The Hall–Kier alpha value is -1.94. The summed E-state index contributed by atoms with van der Waals surface area (Å²) in [5.41, 5.74) is 3.13. The van der Waals surface area contributed by atoms with Gasteiger partial charge in [0.1, 0.15) is 5.75 Å². The van der Waals surface area contributed by atoms with Gasteiger partial charge in [-0.15, -0.1) is 11.8 Å². The van der Waals surface area contributed by atoms with Crippen LogP contribution in [0.1, 0.15) is 17.5 Å². The third-order valence-corrected chi connectivity index (χ3v) is 4.34. The van der Waals surface area contributed by atoms with Gasteiger partial charge in [-0.1, -0.05) is 12.1 Å². The molecule has 0 aliphatic carbocycles. The van der Waals surface area contributed by atoms with E-state index in [1.807, 2.05) is 56.3 Å². The van der Waals surface area contributed by atoms with Gasteiger partial charge in [-0.3, -0.25) is 4.79 Å². The van der Waals surface area contributed by atoms with Crippen molar-refractivity contribution < 1.29 is 9.53 Å². The summed E-state index contributed by atoms with van der Waals surface area (Å²) in [4.78, 5) is 13.2. The van der Waals surface area contributed by atoms with Crippen LogP contribution in [0.25, 0.3) is 0 Å². The molecule has 2 aromatic carbocycles. The summed E-state index contributed by atoms with van der Waals surface area (Å²) in [6, 6.07) is 13.9. The first-order valence-electron chi connectivity index (χ1n) is 7.22. The Morgan fingerprint density at radius 3 is 2.55 bits per heavy atom. The lowest BCUT2D eigenvalue weighted by molar-refractivity contribution is -0.115. The van der Waals surface area contributed by atoms with E-state index < -0.39 is 0 Å². The number of benzene rings is 2. The molecule has 116 valence electrons. The molecule has 2 rings (SSSR count). The number of aryl methyl sites for hydroxylation is 2. The average Bonchev–Trinajstić information content (AvgIpc) is 2.51. The van der Waals surface area contributed by atoms with Crippen molar-refractivity contribution in [2.75, 3.05) is 18.2 Å². The number of thioether (sulfide) groups is 1. The van der Waals surface area contributed by atoms with Crippen molar-refractivity contribution in [3.8, 4) is 5.75 Å². The lowest BCUT2D eigenvalue weighted by Gasteiger charge is -2.09. The third kappa shape index (κ3) is 4.81. The molecule has 2 aromatic rings. The number of ether oxygens (including phenoxy) is 1. The van der Waals surface area contributed by atoms with Crippen molar-refractivity contribution >= 4 is 23.4 Å². The minimum absolute atomic E-state index is 0.0507. The molecular formula is C18H21NO2S. The minimum Gasteiger partial charge on any atom is -0.497 e. The van der Waals surface area contributed by atoms with E-state index in [0.29, 0.717) is 6.42 Å². The topological polar surface area (TPSA) is 38.3 Å². The number of hydrogen-bond acceptors (Lipinski definition) is 3. The Balaban J connectivity index is 1.81. The van der Waals surface area contributed by atoms with Crippen LogP contribution in [0.5, 0.6) is 5.75 Å².